The number of aryl methyl sites for hydroxylation is 2. The van der Waals surface area contributed by atoms with Gasteiger partial charge in [0, 0.05) is 26.2 Å². The number of benzene rings is 1. The zero-order valence-corrected chi connectivity index (χ0v) is 14.6. The lowest BCUT2D eigenvalue weighted by Crippen LogP contribution is -2.50. The Hall–Kier alpha value is -1.75. The van der Waals surface area contributed by atoms with Gasteiger partial charge in [-0.3, -0.25) is 0 Å². The minimum absolute atomic E-state index is 0.000671. The number of hydrogen-bond donors (Lipinski definition) is 2. The van der Waals surface area contributed by atoms with Crippen molar-refractivity contribution in [3.63, 3.8) is 0 Å². The molecule has 0 aliphatic carbocycles. The molecule has 0 radical (unpaired) electrons. The molecule has 23 heavy (non-hydrogen) atoms. The highest BCUT2D eigenvalue weighted by molar-refractivity contribution is 5.74. The third-order valence-corrected chi connectivity index (χ3v) is 4.66. The van der Waals surface area contributed by atoms with E-state index in [2.05, 4.69) is 12.2 Å². The third kappa shape index (κ3) is 4.38. The number of urea groups is 1. The first-order chi connectivity index (χ1) is 10.9. The van der Waals surface area contributed by atoms with Gasteiger partial charge in [0.1, 0.15) is 5.75 Å². The minimum atomic E-state index is -0.000671. The lowest BCUT2D eigenvalue weighted by Gasteiger charge is -2.37. The van der Waals surface area contributed by atoms with E-state index in [0.717, 1.165) is 42.5 Å². The number of ether oxygens (including phenoxy) is 1. The van der Waals surface area contributed by atoms with Crippen LogP contribution in [0.3, 0.4) is 0 Å². The summed E-state index contributed by atoms with van der Waals surface area (Å²) < 4.78 is 5.38. The Balaban J connectivity index is 1.83. The van der Waals surface area contributed by atoms with Crippen molar-refractivity contribution < 1.29 is 14.6 Å². The molecular weight excluding hydrogens is 292 g/mol. The van der Waals surface area contributed by atoms with Gasteiger partial charge in [-0.05, 0) is 56.7 Å². The second-order valence-corrected chi connectivity index (χ2v) is 6.48. The fourth-order valence-corrected chi connectivity index (χ4v) is 3.25. The van der Waals surface area contributed by atoms with Crippen LogP contribution in [0, 0.1) is 13.8 Å². The summed E-state index contributed by atoms with van der Waals surface area (Å²) in [4.78, 5) is 14.2. The Labute approximate surface area is 138 Å². The molecule has 1 aliphatic rings. The standard InChI is InChI=1S/C18H28N2O3/c1-12-9-15(10-13(2)17(12)21)5-7-19-18(22)20-8-6-16(23-4)11-14(20)3/h9-10,14,16,21H,5-8,11H2,1-4H3,(H,19,22)/t14-,16-/m1/s1. The number of carbonyl (C=O) groups excluding carboxylic acids is 1. The maximum atomic E-state index is 12.3. The molecule has 1 aliphatic heterocycles. The number of nitrogens with zero attached hydrogens (tertiary/aromatic N) is 1. The van der Waals surface area contributed by atoms with E-state index in [4.69, 9.17) is 4.74 Å². The Morgan fingerprint density at radius 2 is 2.04 bits per heavy atom. The van der Waals surface area contributed by atoms with Crippen LogP contribution >= 0.6 is 0 Å². The molecule has 5 nitrogen and oxygen atoms in total. The molecule has 1 aromatic carbocycles. The summed E-state index contributed by atoms with van der Waals surface area (Å²) in [5.41, 5.74) is 2.88. The molecule has 2 atom stereocenters. The number of amides is 2. The largest absolute Gasteiger partial charge is 0.507 e. The predicted molar refractivity (Wildman–Crippen MR) is 90.9 cm³/mol. The summed E-state index contributed by atoms with van der Waals surface area (Å²) in [6.07, 6.45) is 2.80. The first-order valence-electron chi connectivity index (χ1n) is 8.28. The van der Waals surface area contributed by atoms with Crippen molar-refractivity contribution in [2.45, 2.75) is 52.2 Å². The fourth-order valence-electron chi connectivity index (χ4n) is 3.25. The first kappa shape index (κ1) is 17.6. The second-order valence-electron chi connectivity index (χ2n) is 6.48. The van der Waals surface area contributed by atoms with E-state index in [9.17, 15) is 9.90 Å². The molecule has 1 saturated heterocycles. The highest BCUT2D eigenvalue weighted by Gasteiger charge is 2.28. The van der Waals surface area contributed by atoms with Crippen LogP contribution in [-0.4, -0.2) is 48.4 Å². The topological polar surface area (TPSA) is 61.8 Å². The average molecular weight is 320 g/mol. The van der Waals surface area contributed by atoms with Crippen LogP contribution in [0.5, 0.6) is 5.75 Å². The molecule has 1 fully saturated rings. The van der Waals surface area contributed by atoms with Gasteiger partial charge in [0.2, 0.25) is 0 Å². The van der Waals surface area contributed by atoms with Crippen LogP contribution in [0.2, 0.25) is 0 Å². The van der Waals surface area contributed by atoms with Crippen molar-refractivity contribution in [3.05, 3.63) is 28.8 Å². The Morgan fingerprint density at radius 3 is 2.61 bits per heavy atom. The van der Waals surface area contributed by atoms with Crippen molar-refractivity contribution in [1.29, 1.82) is 0 Å². The molecule has 0 unspecified atom stereocenters. The van der Waals surface area contributed by atoms with Crippen LogP contribution in [0.25, 0.3) is 0 Å². The number of piperidine rings is 1. The van der Waals surface area contributed by atoms with E-state index in [1.54, 1.807) is 7.11 Å². The number of nitrogens with one attached hydrogen (secondary N) is 1. The molecule has 128 valence electrons. The van der Waals surface area contributed by atoms with Gasteiger partial charge in [-0.25, -0.2) is 4.79 Å². The molecule has 2 amide bonds. The molecule has 2 N–H and O–H groups in total. The van der Waals surface area contributed by atoms with Crippen LogP contribution in [0.15, 0.2) is 12.1 Å². The summed E-state index contributed by atoms with van der Waals surface area (Å²) >= 11 is 0. The maximum absolute atomic E-state index is 12.3. The normalized spacial score (nSPS) is 21.3. The van der Waals surface area contributed by atoms with Gasteiger partial charge in [-0.1, -0.05) is 12.1 Å². The monoisotopic (exact) mass is 320 g/mol. The zero-order valence-electron chi connectivity index (χ0n) is 14.6. The molecule has 5 heteroatoms. The number of aromatic hydroxyl groups is 1. The van der Waals surface area contributed by atoms with Crippen molar-refractivity contribution >= 4 is 6.03 Å². The summed E-state index contributed by atoms with van der Waals surface area (Å²) in [5.74, 6) is 0.354. The van der Waals surface area contributed by atoms with E-state index in [-0.39, 0.29) is 18.2 Å². The number of methoxy groups -OCH3 is 1. The van der Waals surface area contributed by atoms with Gasteiger partial charge in [0.15, 0.2) is 0 Å². The quantitative estimate of drug-likeness (QED) is 0.897. The van der Waals surface area contributed by atoms with E-state index in [1.165, 1.54) is 0 Å². The molecule has 0 saturated carbocycles. The molecule has 2 rings (SSSR count). The summed E-state index contributed by atoms with van der Waals surface area (Å²) in [6, 6.07) is 4.15. The summed E-state index contributed by atoms with van der Waals surface area (Å²) in [6.45, 7) is 7.19. The van der Waals surface area contributed by atoms with Crippen molar-refractivity contribution in [2.75, 3.05) is 20.2 Å². The maximum Gasteiger partial charge on any atom is 0.317 e. The Bertz CT molecular complexity index is 536. The van der Waals surface area contributed by atoms with Gasteiger partial charge < -0.3 is 20.1 Å². The number of likely N-dealkylation sites (tertiary alicyclic amines) is 1. The van der Waals surface area contributed by atoms with Gasteiger partial charge in [-0.15, -0.1) is 0 Å². The second kappa shape index (κ2) is 7.68. The SMILES string of the molecule is CO[C@@H]1CCN(C(=O)NCCc2cc(C)c(O)c(C)c2)[C@H](C)C1. The molecule has 1 heterocycles. The summed E-state index contributed by atoms with van der Waals surface area (Å²) in [7, 11) is 1.73. The number of phenolic OH excluding ortho intramolecular Hbond substituents is 1. The van der Waals surface area contributed by atoms with Gasteiger partial charge in [0.25, 0.3) is 0 Å². The smallest absolute Gasteiger partial charge is 0.317 e. The van der Waals surface area contributed by atoms with Gasteiger partial charge >= 0.3 is 6.03 Å². The number of rotatable bonds is 4. The van der Waals surface area contributed by atoms with E-state index in [0.29, 0.717) is 12.3 Å². The highest BCUT2D eigenvalue weighted by Crippen LogP contribution is 2.23. The number of hydrogen-bond acceptors (Lipinski definition) is 3. The van der Waals surface area contributed by atoms with Gasteiger partial charge in [-0.2, -0.15) is 0 Å². The molecular formula is C18H28N2O3. The molecule has 0 aromatic heterocycles. The molecule has 0 bridgehead atoms. The van der Waals surface area contributed by atoms with E-state index in [1.807, 2.05) is 30.9 Å². The minimum Gasteiger partial charge on any atom is -0.507 e. The third-order valence-electron chi connectivity index (χ3n) is 4.66. The lowest BCUT2D eigenvalue weighted by atomic mass is 10.0. The Kier molecular flexibility index (Phi) is 5.88. The van der Waals surface area contributed by atoms with Crippen LogP contribution in [-0.2, 0) is 11.2 Å². The predicted octanol–water partition coefficient (Wildman–Crippen LogP) is 2.76. The van der Waals surface area contributed by atoms with Crippen molar-refractivity contribution in [3.8, 4) is 5.75 Å². The lowest BCUT2D eigenvalue weighted by molar-refractivity contribution is 0.0294. The highest BCUT2D eigenvalue weighted by atomic mass is 16.5. The van der Waals surface area contributed by atoms with Crippen LogP contribution in [0.4, 0.5) is 4.79 Å². The van der Waals surface area contributed by atoms with Crippen LogP contribution in [0.1, 0.15) is 36.5 Å². The van der Waals surface area contributed by atoms with Crippen LogP contribution < -0.4 is 5.32 Å². The zero-order chi connectivity index (χ0) is 17.0. The first-order valence-corrected chi connectivity index (χ1v) is 8.28. The average Bonchev–Trinajstić information content (AvgIpc) is 2.52. The van der Waals surface area contributed by atoms with Gasteiger partial charge in [0.05, 0.1) is 6.10 Å². The molecule has 1 aromatic rings. The van der Waals surface area contributed by atoms with Crippen molar-refractivity contribution in [2.24, 2.45) is 0 Å². The summed E-state index contributed by atoms with van der Waals surface area (Å²) in [5, 5.41) is 12.8. The number of carbonyl (C=O) groups is 1. The van der Waals surface area contributed by atoms with Crippen molar-refractivity contribution in [1.82, 2.24) is 10.2 Å². The fraction of sp³-hybridized carbons (Fsp3) is 0.611. The Morgan fingerprint density at radius 1 is 1.39 bits per heavy atom. The van der Waals surface area contributed by atoms with E-state index >= 15 is 0 Å². The van der Waals surface area contributed by atoms with E-state index < -0.39 is 0 Å². The number of phenols is 1. The molecule has 0 spiro atoms.